The van der Waals surface area contributed by atoms with Crippen LogP contribution < -0.4 is 0 Å². The van der Waals surface area contributed by atoms with E-state index in [0.29, 0.717) is 18.3 Å². The van der Waals surface area contributed by atoms with Crippen LogP contribution >= 0.6 is 0 Å². The molecule has 0 unspecified atom stereocenters. The van der Waals surface area contributed by atoms with Crippen LogP contribution in [0.4, 0.5) is 0 Å². The molecule has 0 bridgehead atoms. The summed E-state index contributed by atoms with van der Waals surface area (Å²) in [5.74, 6) is 0.527. The Bertz CT molecular complexity index is 1620. The lowest BCUT2D eigenvalue weighted by Crippen LogP contribution is -2.48. The molecule has 0 aromatic heterocycles. The van der Waals surface area contributed by atoms with Crippen LogP contribution in [0.5, 0.6) is 0 Å². The number of esters is 1. The molecular formula is C57H112O7Si4. The van der Waals surface area contributed by atoms with Gasteiger partial charge < -0.3 is 27.5 Å². The van der Waals surface area contributed by atoms with E-state index in [1.165, 1.54) is 13.2 Å². The zero-order chi connectivity index (χ0) is 53.7. The van der Waals surface area contributed by atoms with E-state index >= 15 is 0 Å². The van der Waals surface area contributed by atoms with Crippen LogP contribution in [-0.4, -0.2) is 82.0 Å². The lowest BCUT2D eigenvalue weighted by Gasteiger charge is -2.44. The number of allylic oxidation sites excluding steroid dienone is 4. The molecule has 68 heavy (non-hydrogen) atoms. The van der Waals surface area contributed by atoms with E-state index in [4.69, 9.17) is 22.4 Å². The van der Waals surface area contributed by atoms with Gasteiger partial charge >= 0.3 is 5.97 Å². The number of rotatable bonds is 28. The van der Waals surface area contributed by atoms with Gasteiger partial charge in [0.1, 0.15) is 0 Å². The molecule has 0 aromatic carbocycles. The highest BCUT2D eigenvalue weighted by Gasteiger charge is 2.45. The Kier molecular flexibility index (Phi) is 26.8. The first kappa shape index (κ1) is 66.8. The van der Waals surface area contributed by atoms with E-state index in [1.54, 1.807) is 12.2 Å². The molecule has 0 fully saturated rings. The summed E-state index contributed by atoms with van der Waals surface area (Å²) in [5, 5.41) is 11.8. The number of hydrogen-bond acceptors (Lipinski definition) is 7. The molecule has 0 saturated carbocycles. The van der Waals surface area contributed by atoms with Crippen LogP contribution in [0.2, 0.25) is 72.5 Å². The first-order valence-corrected chi connectivity index (χ1v) is 37.9. The molecule has 0 amide bonds. The first-order valence-electron chi connectivity index (χ1n) is 26.3. The fourth-order valence-corrected chi connectivity index (χ4v) is 13.1. The number of carbonyl (C=O) groups excluding carboxylic acids is 1. The van der Waals surface area contributed by atoms with Crippen molar-refractivity contribution in [1.82, 2.24) is 0 Å². The van der Waals surface area contributed by atoms with Gasteiger partial charge in [-0.2, -0.15) is 0 Å². The molecule has 7 nitrogen and oxygen atoms in total. The van der Waals surface area contributed by atoms with Crippen molar-refractivity contribution in [2.45, 2.75) is 253 Å². The average Bonchev–Trinajstić information content (AvgIpc) is 3.17. The lowest BCUT2D eigenvalue weighted by atomic mass is 9.82. The van der Waals surface area contributed by atoms with Gasteiger partial charge in [0.25, 0.3) is 0 Å². The highest BCUT2D eigenvalue weighted by atomic mass is 28.4. The number of ether oxygens (including phenoxy) is 1. The molecule has 0 aliphatic carbocycles. The van der Waals surface area contributed by atoms with E-state index in [1.807, 2.05) is 12.2 Å². The molecule has 11 heteroatoms. The smallest absolute Gasteiger partial charge is 0.330 e. The number of aliphatic hydroxyl groups excluding tert-OH is 1. The minimum absolute atomic E-state index is 0.00169. The zero-order valence-electron chi connectivity index (χ0n) is 49.5. The molecular weight excluding hydrogens is 909 g/mol. The predicted molar refractivity (Wildman–Crippen MR) is 307 cm³/mol. The summed E-state index contributed by atoms with van der Waals surface area (Å²) in [4.78, 5) is 11.8. The summed E-state index contributed by atoms with van der Waals surface area (Å²) < 4.78 is 34.2. The maximum atomic E-state index is 11.8. The third-order valence-electron chi connectivity index (χ3n) is 16.6. The molecule has 0 spiro atoms. The molecule has 11 atom stereocenters. The summed E-state index contributed by atoms with van der Waals surface area (Å²) in [7, 11) is -7.31. The van der Waals surface area contributed by atoms with E-state index in [0.717, 1.165) is 19.3 Å². The van der Waals surface area contributed by atoms with Crippen molar-refractivity contribution in [3.63, 3.8) is 0 Å². The molecule has 1 N–H and O–H groups in total. The summed E-state index contributed by atoms with van der Waals surface area (Å²) in [6, 6.07) is 0. The van der Waals surface area contributed by atoms with Gasteiger partial charge in [0.15, 0.2) is 33.3 Å². The minimum Gasteiger partial charge on any atom is -0.466 e. The Balaban J connectivity index is 7.22. The highest BCUT2D eigenvalue weighted by Crippen LogP contribution is 2.44. The number of methoxy groups -OCH3 is 1. The monoisotopic (exact) mass is 1020 g/mol. The summed E-state index contributed by atoms with van der Waals surface area (Å²) in [6.45, 7) is 64.0. The topological polar surface area (TPSA) is 83.5 Å². The van der Waals surface area contributed by atoms with Crippen molar-refractivity contribution in [2.75, 3.05) is 7.11 Å². The quantitative estimate of drug-likeness (QED) is 0.0275. The third-order valence-corrected chi connectivity index (χ3v) is 34.6. The second-order valence-electron chi connectivity index (χ2n) is 26.9. The van der Waals surface area contributed by atoms with Gasteiger partial charge in [-0.15, -0.1) is 0 Å². The molecule has 398 valence electrons. The molecule has 0 heterocycles. The second-order valence-corrected chi connectivity index (χ2v) is 45.9. The van der Waals surface area contributed by atoms with Crippen molar-refractivity contribution < 1.29 is 32.3 Å². The van der Waals surface area contributed by atoms with Crippen LogP contribution in [-0.2, 0) is 27.2 Å². The van der Waals surface area contributed by atoms with E-state index in [-0.39, 0.29) is 74.2 Å². The van der Waals surface area contributed by atoms with Crippen LogP contribution in [0.3, 0.4) is 0 Å². The van der Waals surface area contributed by atoms with Gasteiger partial charge in [-0.1, -0.05) is 180 Å². The Hall–Kier alpha value is -1.16. The van der Waals surface area contributed by atoms with E-state index in [2.05, 4.69) is 208 Å². The van der Waals surface area contributed by atoms with E-state index in [9.17, 15) is 9.90 Å². The van der Waals surface area contributed by atoms with Gasteiger partial charge in [0.2, 0.25) is 0 Å². The molecule has 0 radical (unpaired) electrons. The zero-order valence-corrected chi connectivity index (χ0v) is 53.5. The maximum absolute atomic E-state index is 11.8. The van der Waals surface area contributed by atoms with Crippen molar-refractivity contribution in [3.8, 4) is 0 Å². The summed E-state index contributed by atoms with van der Waals surface area (Å²) in [5.41, 5.74) is 0. The Morgan fingerprint density at radius 3 is 1.44 bits per heavy atom. The van der Waals surface area contributed by atoms with Crippen LogP contribution in [0.25, 0.3) is 0 Å². The largest absolute Gasteiger partial charge is 0.466 e. The minimum atomic E-state index is -2.22. The van der Waals surface area contributed by atoms with Gasteiger partial charge in [-0.05, 0) is 115 Å². The van der Waals surface area contributed by atoms with Gasteiger partial charge in [0, 0.05) is 24.3 Å². The van der Waals surface area contributed by atoms with Crippen LogP contribution in [0.15, 0.2) is 61.3 Å². The van der Waals surface area contributed by atoms with E-state index < -0.39 is 39.4 Å². The van der Waals surface area contributed by atoms with Gasteiger partial charge in [-0.25, -0.2) is 4.79 Å². The van der Waals surface area contributed by atoms with Gasteiger partial charge in [0.05, 0.1) is 37.6 Å². The van der Waals surface area contributed by atoms with Crippen molar-refractivity contribution in [1.29, 1.82) is 0 Å². The average molecular weight is 1020 g/mol. The van der Waals surface area contributed by atoms with Crippen molar-refractivity contribution in [3.05, 3.63) is 61.3 Å². The summed E-state index contributed by atoms with van der Waals surface area (Å²) >= 11 is 0. The molecule has 0 saturated heterocycles. The normalized spacial score (nSPS) is 19.5. The number of aliphatic hydroxyl groups is 1. The molecule has 0 aromatic rings. The lowest BCUT2D eigenvalue weighted by molar-refractivity contribution is -0.134. The maximum Gasteiger partial charge on any atom is 0.330 e. The highest BCUT2D eigenvalue weighted by molar-refractivity contribution is 6.75. The Morgan fingerprint density at radius 1 is 0.544 bits per heavy atom. The first-order chi connectivity index (χ1) is 30.5. The predicted octanol–water partition coefficient (Wildman–Crippen LogP) is 16.9. The number of carbonyl (C=O) groups is 1. The van der Waals surface area contributed by atoms with Crippen molar-refractivity contribution in [2.24, 2.45) is 35.5 Å². The fourth-order valence-electron chi connectivity index (χ4n) is 7.49. The molecule has 0 aliphatic heterocycles. The second kappa shape index (κ2) is 27.2. The van der Waals surface area contributed by atoms with Crippen LogP contribution in [0, 0.1) is 35.5 Å². The fraction of sp³-hybridized carbons (Fsp3) is 0.807. The van der Waals surface area contributed by atoms with Gasteiger partial charge in [-0.3, -0.25) is 0 Å². The van der Waals surface area contributed by atoms with Crippen molar-refractivity contribution >= 4 is 39.2 Å². The Morgan fingerprint density at radius 2 is 0.985 bits per heavy atom. The van der Waals surface area contributed by atoms with Crippen LogP contribution in [0.1, 0.15) is 150 Å². The standard InChI is InChI=1S/C57H112O7Si4/c1-29-30-33-44(4)52(59)47(7)49(62-66(23,24)55(11,12)13)39-36-42(2)40-46(6)53(64-68(27,28)57(17,18)19)45(5)37-38-48(61-65(21,22)54(8,9)10)41-50(63-67(25,26)56(14,15)16)43(3)34-31-32-35-51(58)60-20/h29-35,37-38,42-50,52-53,59H,1,36,39-41H2,2-28H3/t42-,43-,44-,45-,46+,47-,48+,49-,50-,52-,53-/m0/s1. The SMILES string of the molecule is C=CC=C[C@H](C)[C@H](O)[C@@H](C)[C@H](CC[C@H](C)C[C@@H](C)[C@@H](O[Si](C)(C)C(C)(C)C)[C@@H](C)C=C[C@H](C[C@H](O[Si](C)(C)C(C)(C)C)[C@@H](C)C=CC=CC(=O)OC)O[Si](C)(C)C(C)(C)C)O[Si](C)(C)C(C)(C)C. The molecule has 0 aliphatic rings. The number of hydrogen-bond donors (Lipinski definition) is 1. The Labute approximate surface area is 426 Å². The third kappa shape index (κ3) is 21.9. The molecule has 0 rings (SSSR count). The summed E-state index contributed by atoms with van der Waals surface area (Å²) in [6.07, 6.45) is 20.6.